The molecule has 6 saturated carbocycles. The van der Waals surface area contributed by atoms with Gasteiger partial charge >= 0.3 is 0 Å². The molecule has 3 heteroatoms. The van der Waals surface area contributed by atoms with E-state index in [0.29, 0.717) is 30.3 Å². The van der Waals surface area contributed by atoms with Gasteiger partial charge in [0.25, 0.3) is 0 Å². The molecule has 0 aromatic carbocycles. The second-order valence-electron chi connectivity index (χ2n) is 10.0. The first-order valence-corrected chi connectivity index (χ1v) is 10.3. The summed E-state index contributed by atoms with van der Waals surface area (Å²) in [5, 5.41) is 10.3. The van der Waals surface area contributed by atoms with Gasteiger partial charge in [-0.05, 0) is 92.3 Å². The van der Waals surface area contributed by atoms with Gasteiger partial charge in [0.2, 0.25) is 0 Å². The third-order valence-corrected chi connectivity index (χ3v) is 9.45. The Bertz CT molecular complexity index is 519. The van der Waals surface area contributed by atoms with Crippen molar-refractivity contribution in [2.75, 3.05) is 0 Å². The SMILES string of the molecule is OC1CCC2C3CC(CC3OC3CC4CC3C3CC5OC5C43)C12. The molecule has 23 heavy (non-hydrogen) atoms. The van der Waals surface area contributed by atoms with Crippen molar-refractivity contribution in [2.45, 2.75) is 75.5 Å². The van der Waals surface area contributed by atoms with E-state index in [-0.39, 0.29) is 6.10 Å². The molecule has 1 saturated heterocycles. The van der Waals surface area contributed by atoms with Crippen LogP contribution in [0.1, 0.15) is 44.9 Å². The minimum absolute atomic E-state index is 0.00409. The van der Waals surface area contributed by atoms with E-state index >= 15 is 0 Å². The van der Waals surface area contributed by atoms with Gasteiger partial charge in [0, 0.05) is 0 Å². The molecule has 0 spiro atoms. The smallest absolute Gasteiger partial charge is 0.0875 e. The first-order chi connectivity index (χ1) is 11.3. The molecule has 126 valence electrons. The molecule has 6 aliphatic carbocycles. The minimum atomic E-state index is 0.00409. The van der Waals surface area contributed by atoms with Crippen molar-refractivity contribution in [3.8, 4) is 0 Å². The summed E-state index contributed by atoms with van der Waals surface area (Å²) in [6.45, 7) is 0. The van der Waals surface area contributed by atoms with Crippen LogP contribution in [0.5, 0.6) is 0 Å². The Balaban J connectivity index is 1.08. The lowest BCUT2D eigenvalue weighted by Gasteiger charge is -2.38. The molecule has 7 aliphatic rings. The molecule has 7 rings (SSSR count). The van der Waals surface area contributed by atoms with Crippen molar-refractivity contribution in [1.82, 2.24) is 0 Å². The van der Waals surface area contributed by atoms with E-state index in [1.165, 1.54) is 38.5 Å². The van der Waals surface area contributed by atoms with Crippen molar-refractivity contribution in [3.05, 3.63) is 0 Å². The van der Waals surface area contributed by atoms with Gasteiger partial charge in [-0.2, -0.15) is 0 Å². The Morgan fingerprint density at radius 2 is 1.48 bits per heavy atom. The topological polar surface area (TPSA) is 42.0 Å². The highest BCUT2D eigenvalue weighted by Crippen LogP contribution is 2.66. The van der Waals surface area contributed by atoms with Crippen LogP contribution in [0.25, 0.3) is 0 Å². The summed E-state index contributed by atoms with van der Waals surface area (Å²) >= 11 is 0. The largest absolute Gasteiger partial charge is 0.393 e. The maximum atomic E-state index is 10.3. The lowest BCUT2D eigenvalue weighted by molar-refractivity contribution is -0.0981. The Kier molecular flexibility index (Phi) is 2.38. The van der Waals surface area contributed by atoms with Crippen molar-refractivity contribution >= 4 is 0 Å². The summed E-state index contributed by atoms with van der Waals surface area (Å²) in [6.07, 6.45) is 11.4. The van der Waals surface area contributed by atoms with Crippen LogP contribution in [-0.2, 0) is 9.47 Å². The van der Waals surface area contributed by atoms with Crippen molar-refractivity contribution in [2.24, 2.45) is 47.3 Å². The van der Waals surface area contributed by atoms with Crippen LogP contribution < -0.4 is 0 Å². The number of rotatable bonds is 2. The molecule has 1 N–H and O–H groups in total. The summed E-state index contributed by atoms with van der Waals surface area (Å²) in [6, 6.07) is 0. The standard InChI is InChI=1S/C20H28O3/c21-14-2-1-10-11-3-8(18(10)14)5-15(11)22-16-6-9-4-12(16)13-7-17-20(23-17)19(9)13/h8-21H,1-7H2. The molecule has 13 atom stereocenters. The van der Waals surface area contributed by atoms with E-state index < -0.39 is 0 Å². The van der Waals surface area contributed by atoms with Crippen LogP contribution in [0.4, 0.5) is 0 Å². The third kappa shape index (κ3) is 1.54. The van der Waals surface area contributed by atoms with Crippen molar-refractivity contribution < 1.29 is 14.6 Å². The summed E-state index contributed by atoms with van der Waals surface area (Å²) in [5.41, 5.74) is 0. The first-order valence-electron chi connectivity index (χ1n) is 10.3. The molecule has 7 fully saturated rings. The van der Waals surface area contributed by atoms with Crippen LogP contribution in [0, 0.1) is 47.3 Å². The normalized spacial score (nSPS) is 70.0. The number of fused-ring (bicyclic) bond motifs is 12. The molecule has 13 unspecified atom stereocenters. The molecule has 1 heterocycles. The van der Waals surface area contributed by atoms with Crippen LogP contribution in [-0.4, -0.2) is 35.6 Å². The third-order valence-electron chi connectivity index (χ3n) is 9.45. The van der Waals surface area contributed by atoms with Gasteiger partial charge in [-0.25, -0.2) is 0 Å². The predicted octanol–water partition coefficient (Wildman–Crippen LogP) is 2.61. The molecule has 0 radical (unpaired) electrons. The maximum Gasteiger partial charge on any atom is 0.0875 e. The van der Waals surface area contributed by atoms with Crippen LogP contribution in [0.3, 0.4) is 0 Å². The fourth-order valence-electron chi connectivity index (χ4n) is 8.84. The highest BCUT2D eigenvalue weighted by Gasteiger charge is 2.67. The van der Waals surface area contributed by atoms with Crippen molar-refractivity contribution in [1.29, 1.82) is 0 Å². The van der Waals surface area contributed by atoms with E-state index in [1.807, 2.05) is 0 Å². The minimum Gasteiger partial charge on any atom is -0.393 e. The van der Waals surface area contributed by atoms with E-state index in [1.54, 1.807) is 0 Å². The maximum absolute atomic E-state index is 10.3. The average Bonchev–Trinajstić information content (AvgIpc) is 3.12. The fourth-order valence-corrected chi connectivity index (χ4v) is 8.84. The molecular weight excluding hydrogens is 288 g/mol. The van der Waals surface area contributed by atoms with Crippen molar-refractivity contribution in [3.63, 3.8) is 0 Å². The Morgan fingerprint density at radius 3 is 2.30 bits per heavy atom. The van der Waals surface area contributed by atoms with Gasteiger partial charge in [0.15, 0.2) is 0 Å². The number of aliphatic hydroxyl groups excluding tert-OH is 1. The Morgan fingerprint density at radius 1 is 0.739 bits per heavy atom. The molecule has 1 aliphatic heterocycles. The van der Waals surface area contributed by atoms with E-state index in [9.17, 15) is 5.11 Å². The van der Waals surface area contributed by atoms with Gasteiger partial charge in [-0.3, -0.25) is 0 Å². The van der Waals surface area contributed by atoms with E-state index in [2.05, 4.69) is 0 Å². The molecule has 3 nitrogen and oxygen atoms in total. The Hall–Kier alpha value is -0.120. The van der Waals surface area contributed by atoms with Gasteiger partial charge < -0.3 is 14.6 Å². The second-order valence-corrected chi connectivity index (χ2v) is 10.0. The van der Waals surface area contributed by atoms with Gasteiger partial charge in [0.05, 0.1) is 30.5 Å². The number of epoxide rings is 1. The van der Waals surface area contributed by atoms with Crippen LogP contribution in [0.2, 0.25) is 0 Å². The molecular formula is C20H28O3. The highest BCUT2D eigenvalue weighted by molar-refractivity contribution is 5.15. The number of aliphatic hydroxyl groups is 1. The molecule has 0 aromatic heterocycles. The van der Waals surface area contributed by atoms with Crippen LogP contribution in [0.15, 0.2) is 0 Å². The zero-order chi connectivity index (χ0) is 14.9. The number of ether oxygens (including phenoxy) is 2. The van der Waals surface area contributed by atoms with E-state index in [0.717, 1.165) is 47.8 Å². The van der Waals surface area contributed by atoms with Gasteiger partial charge in [0.1, 0.15) is 0 Å². The molecule has 0 aromatic rings. The predicted molar refractivity (Wildman–Crippen MR) is 83.6 cm³/mol. The van der Waals surface area contributed by atoms with E-state index in [4.69, 9.17) is 9.47 Å². The fraction of sp³-hybridized carbons (Fsp3) is 1.00. The summed E-state index contributed by atoms with van der Waals surface area (Å²) in [5.74, 6) is 6.55. The Labute approximate surface area is 138 Å². The quantitative estimate of drug-likeness (QED) is 0.796. The molecule has 4 bridgehead atoms. The summed E-state index contributed by atoms with van der Waals surface area (Å²) in [4.78, 5) is 0. The molecule has 0 amide bonds. The van der Waals surface area contributed by atoms with Gasteiger partial charge in [-0.15, -0.1) is 0 Å². The summed E-state index contributed by atoms with van der Waals surface area (Å²) < 4.78 is 12.6. The lowest BCUT2D eigenvalue weighted by Crippen LogP contribution is -2.39. The first kappa shape index (κ1) is 13.1. The second kappa shape index (κ2) is 4.16. The number of hydrogen-bond donors (Lipinski definition) is 1. The number of hydrogen-bond acceptors (Lipinski definition) is 3. The monoisotopic (exact) mass is 316 g/mol. The van der Waals surface area contributed by atoms with Crippen LogP contribution >= 0.6 is 0 Å². The van der Waals surface area contributed by atoms with Gasteiger partial charge in [-0.1, -0.05) is 0 Å². The highest BCUT2D eigenvalue weighted by atomic mass is 16.6. The summed E-state index contributed by atoms with van der Waals surface area (Å²) in [7, 11) is 0. The zero-order valence-electron chi connectivity index (χ0n) is 13.7. The lowest BCUT2D eigenvalue weighted by atomic mass is 9.78. The zero-order valence-corrected chi connectivity index (χ0v) is 13.7. The average molecular weight is 316 g/mol.